The third-order valence-corrected chi connectivity index (χ3v) is 3.47. The maximum absolute atomic E-state index is 5.68. The van der Waals surface area contributed by atoms with Gasteiger partial charge in [0.25, 0.3) is 0 Å². The van der Waals surface area contributed by atoms with E-state index in [0.29, 0.717) is 18.2 Å². The highest BCUT2D eigenvalue weighted by Crippen LogP contribution is 2.16. The van der Waals surface area contributed by atoms with Gasteiger partial charge >= 0.3 is 0 Å². The molecule has 1 aromatic rings. The largest absolute Gasteiger partial charge is 0.469 e. The maximum Gasteiger partial charge on any atom is 0.103 e. The molecule has 2 rings (SSSR count). The monoisotopic (exact) mass is 237 g/mol. The van der Waals surface area contributed by atoms with Crippen LogP contribution in [0.25, 0.3) is 0 Å². The molecule has 1 N–H and O–H groups in total. The number of ether oxygens (including phenoxy) is 1. The van der Waals surface area contributed by atoms with Gasteiger partial charge in [-0.3, -0.25) is 0 Å². The zero-order valence-corrected chi connectivity index (χ0v) is 10.8. The van der Waals surface area contributed by atoms with Crippen molar-refractivity contribution in [3.05, 3.63) is 24.2 Å². The molecule has 0 radical (unpaired) electrons. The summed E-state index contributed by atoms with van der Waals surface area (Å²) in [6.07, 6.45) is 6.64. The van der Waals surface area contributed by atoms with Crippen molar-refractivity contribution in [2.45, 2.75) is 57.7 Å². The van der Waals surface area contributed by atoms with Crippen molar-refractivity contribution in [2.75, 3.05) is 6.61 Å². The van der Waals surface area contributed by atoms with Crippen LogP contribution >= 0.6 is 0 Å². The third-order valence-electron chi connectivity index (χ3n) is 3.47. The molecular weight excluding hydrogens is 214 g/mol. The van der Waals surface area contributed by atoms with E-state index in [0.717, 1.165) is 25.2 Å². The molecule has 0 spiro atoms. The second-order valence-corrected chi connectivity index (χ2v) is 5.03. The lowest BCUT2D eigenvalue weighted by molar-refractivity contribution is 0.0800. The van der Waals surface area contributed by atoms with E-state index < -0.39 is 0 Å². The van der Waals surface area contributed by atoms with E-state index in [-0.39, 0.29) is 0 Å². The van der Waals surface area contributed by atoms with Crippen LogP contribution in [0.3, 0.4) is 0 Å². The number of nitrogens with one attached hydrogen (secondary N) is 1. The number of furan rings is 1. The van der Waals surface area contributed by atoms with Crippen LogP contribution in [0, 0.1) is 0 Å². The minimum atomic E-state index is 0.404. The lowest BCUT2D eigenvalue weighted by atomic mass is 10.1. The third kappa shape index (κ3) is 3.86. The summed E-state index contributed by atoms with van der Waals surface area (Å²) in [4.78, 5) is 0. The van der Waals surface area contributed by atoms with Crippen molar-refractivity contribution in [1.29, 1.82) is 0 Å². The molecule has 3 atom stereocenters. The van der Waals surface area contributed by atoms with E-state index in [1.807, 2.05) is 12.1 Å². The van der Waals surface area contributed by atoms with E-state index >= 15 is 0 Å². The van der Waals surface area contributed by atoms with Gasteiger partial charge < -0.3 is 14.5 Å². The van der Waals surface area contributed by atoms with Gasteiger partial charge in [-0.25, -0.2) is 0 Å². The van der Waals surface area contributed by atoms with Gasteiger partial charge in [-0.2, -0.15) is 0 Å². The van der Waals surface area contributed by atoms with Crippen molar-refractivity contribution in [3.8, 4) is 0 Å². The Morgan fingerprint density at radius 1 is 1.47 bits per heavy atom. The van der Waals surface area contributed by atoms with E-state index in [9.17, 15) is 0 Å². The predicted molar refractivity (Wildman–Crippen MR) is 68.1 cm³/mol. The second-order valence-electron chi connectivity index (χ2n) is 5.03. The van der Waals surface area contributed by atoms with Crippen LogP contribution in [-0.4, -0.2) is 24.8 Å². The average Bonchev–Trinajstić information content (AvgIpc) is 2.99. The molecule has 0 aromatic carbocycles. The molecule has 3 nitrogen and oxygen atoms in total. The standard InChI is InChI=1S/C14H23NO2/c1-11(7-8-13-5-3-9-16-13)15-12(2)14-6-4-10-17-14/h3,5,9,11-12,14-15H,4,6-8,10H2,1-2H3. The first-order chi connectivity index (χ1) is 8.25. The van der Waals surface area contributed by atoms with Crippen LogP contribution in [0.2, 0.25) is 0 Å². The summed E-state index contributed by atoms with van der Waals surface area (Å²) >= 11 is 0. The summed E-state index contributed by atoms with van der Waals surface area (Å²) in [7, 11) is 0. The van der Waals surface area contributed by atoms with Crippen LogP contribution in [0.4, 0.5) is 0 Å². The first-order valence-corrected chi connectivity index (χ1v) is 6.65. The smallest absolute Gasteiger partial charge is 0.103 e. The van der Waals surface area contributed by atoms with Crippen LogP contribution in [0.1, 0.15) is 38.9 Å². The zero-order valence-electron chi connectivity index (χ0n) is 10.8. The van der Waals surface area contributed by atoms with Crippen LogP contribution in [0.5, 0.6) is 0 Å². The topological polar surface area (TPSA) is 34.4 Å². The lowest BCUT2D eigenvalue weighted by Crippen LogP contribution is -2.42. The molecule has 1 fully saturated rings. The van der Waals surface area contributed by atoms with Crippen LogP contribution < -0.4 is 5.32 Å². The number of hydrogen-bond donors (Lipinski definition) is 1. The van der Waals surface area contributed by atoms with Gasteiger partial charge in [-0.05, 0) is 45.2 Å². The average molecular weight is 237 g/mol. The quantitative estimate of drug-likeness (QED) is 0.826. The Balaban J connectivity index is 1.67. The summed E-state index contributed by atoms with van der Waals surface area (Å²) in [6.45, 7) is 5.38. The van der Waals surface area contributed by atoms with E-state index in [1.54, 1.807) is 6.26 Å². The number of aryl methyl sites for hydroxylation is 1. The zero-order chi connectivity index (χ0) is 12.1. The molecule has 96 valence electrons. The SMILES string of the molecule is CC(CCc1ccco1)NC(C)C1CCCO1. The van der Waals surface area contributed by atoms with E-state index in [2.05, 4.69) is 19.2 Å². The molecule has 1 aliphatic heterocycles. The summed E-state index contributed by atoms with van der Waals surface area (Å²) in [5.74, 6) is 1.07. The second kappa shape index (κ2) is 6.22. The van der Waals surface area contributed by atoms with Crippen molar-refractivity contribution in [1.82, 2.24) is 5.32 Å². The van der Waals surface area contributed by atoms with Crippen LogP contribution in [-0.2, 0) is 11.2 Å². The van der Waals surface area contributed by atoms with Gasteiger partial charge in [0.1, 0.15) is 5.76 Å². The Kier molecular flexibility index (Phi) is 4.63. The number of rotatable bonds is 6. The molecule has 17 heavy (non-hydrogen) atoms. The van der Waals surface area contributed by atoms with Gasteiger partial charge in [-0.15, -0.1) is 0 Å². The molecule has 1 aromatic heterocycles. The Labute approximate surface area is 104 Å². The lowest BCUT2D eigenvalue weighted by Gasteiger charge is -2.24. The summed E-state index contributed by atoms with van der Waals surface area (Å²) < 4.78 is 11.0. The Morgan fingerprint density at radius 3 is 3.00 bits per heavy atom. The Morgan fingerprint density at radius 2 is 2.35 bits per heavy atom. The minimum Gasteiger partial charge on any atom is -0.469 e. The normalized spacial score (nSPS) is 23.8. The molecule has 3 unspecified atom stereocenters. The molecule has 1 saturated heterocycles. The molecule has 1 aliphatic rings. The first-order valence-electron chi connectivity index (χ1n) is 6.65. The molecule has 2 heterocycles. The highest BCUT2D eigenvalue weighted by Gasteiger charge is 2.23. The Bertz CT molecular complexity index is 304. The first kappa shape index (κ1) is 12.7. The summed E-state index contributed by atoms with van der Waals surface area (Å²) in [6, 6.07) is 4.93. The predicted octanol–water partition coefficient (Wildman–Crippen LogP) is 2.76. The van der Waals surface area contributed by atoms with Crippen molar-refractivity contribution in [2.24, 2.45) is 0 Å². The van der Waals surface area contributed by atoms with Gasteiger partial charge in [0, 0.05) is 25.1 Å². The van der Waals surface area contributed by atoms with Crippen molar-refractivity contribution < 1.29 is 9.15 Å². The van der Waals surface area contributed by atoms with Gasteiger partial charge in [-0.1, -0.05) is 0 Å². The molecule has 0 bridgehead atoms. The fourth-order valence-electron chi connectivity index (χ4n) is 2.45. The van der Waals surface area contributed by atoms with E-state index in [4.69, 9.17) is 9.15 Å². The summed E-state index contributed by atoms with van der Waals surface area (Å²) in [5.41, 5.74) is 0. The van der Waals surface area contributed by atoms with Crippen LogP contribution in [0.15, 0.2) is 22.8 Å². The fraction of sp³-hybridized carbons (Fsp3) is 0.714. The highest BCUT2D eigenvalue weighted by atomic mass is 16.5. The molecule has 0 amide bonds. The highest BCUT2D eigenvalue weighted by molar-refractivity contribution is 4.98. The minimum absolute atomic E-state index is 0.404. The molecule has 3 heteroatoms. The van der Waals surface area contributed by atoms with E-state index in [1.165, 1.54) is 12.8 Å². The summed E-state index contributed by atoms with van der Waals surface area (Å²) in [5, 5.41) is 3.62. The van der Waals surface area contributed by atoms with Gasteiger partial charge in [0.15, 0.2) is 0 Å². The van der Waals surface area contributed by atoms with Gasteiger partial charge in [0.2, 0.25) is 0 Å². The molecular formula is C14H23NO2. The van der Waals surface area contributed by atoms with Gasteiger partial charge in [0.05, 0.1) is 12.4 Å². The molecule has 0 aliphatic carbocycles. The van der Waals surface area contributed by atoms with Crippen molar-refractivity contribution >= 4 is 0 Å². The number of hydrogen-bond acceptors (Lipinski definition) is 3. The fourth-order valence-corrected chi connectivity index (χ4v) is 2.45. The molecule has 0 saturated carbocycles. The maximum atomic E-state index is 5.68. The Hall–Kier alpha value is -0.800. The van der Waals surface area contributed by atoms with Crippen molar-refractivity contribution in [3.63, 3.8) is 0 Å².